The molecule has 0 aliphatic rings. The van der Waals surface area contributed by atoms with E-state index >= 15 is 0 Å². The molecule has 0 unspecified atom stereocenters. The van der Waals surface area contributed by atoms with Crippen molar-refractivity contribution < 1.29 is 4.79 Å². The van der Waals surface area contributed by atoms with Gasteiger partial charge in [0.2, 0.25) is 0 Å². The van der Waals surface area contributed by atoms with Crippen molar-refractivity contribution in [3.8, 4) is 0 Å². The zero-order valence-corrected chi connectivity index (χ0v) is 14.3. The van der Waals surface area contributed by atoms with Crippen molar-refractivity contribution in [2.75, 3.05) is 13.1 Å². The Bertz CT molecular complexity index is 706. The van der Waals surface area contributed by atoms with Gasteiger partial charge in [0.15, 0.2) is 5.78 Å². The van der Waals surface area contributed by atoms with Crippen LogP contribution in [0.2, 0.25) is 0 Å². The summed E-state index contributed by atoms with van der Waals surface area (Å²) in [4.78, 5) is 25.3. The standard InChI is InChI=1S/C20H23N3O/c1-16(15-20(24)18-9-4-3-5-10-18)21-13-8-14-22-17(2)19-11-6-7-12-23-19/h3-7,9-12H,8,13-15H2,1-2H3. The highest BCUT2D eigenvalue weighted by molar-refractivity contribution is 6.08. The average Bonchev–Trinajstić information content (AvgIpc) is 2.62. The highest BCUT2D eigenvalue weighted by Gasteiger charge is 2.06. The first-order chi connectivity index (χ1) is 11.7. The molecule has 4 nitrogen and oxygen atoms in total. The second-order valence-corrected chi connectivity index (χ2v) is 5.62. The zero-order valence-electron chi connectivity index (χ0n) is 14.3. The predicted molar refractivity (Wildman–Crippen MR) is 99.3 cm³/mol. The molecule has 0 fully saturated rings. The van der Waals surface area contributed by atoms with Gasteiger partial charge in [-0.05, 0) is 32.4 Å². The summed E-state index contributed by atoms with van der Waals surface area (Å²) in [6.45, 7) is 5.28. The summed E-state index contributed by atoms with van der Waals surface area (Å²) in [5.74, 6) is 0.112. The van der Waals surface area contributed by atoms with Crippen LogP contribution in [0.1, 0.15) is 42.7 Å². The fraction of sp³-hybridized carbons (Fsp3) is 0.300. The summed E-state index contributed by atoms with van der Waals surface area (Å²) >= 11 is 0. The third-order valence-corrected chi connectivity index (χ3v) is 3.59. The average molecular weight is 321 g/mol. The van der Waals surface area contributed by atoms with Gasteiger partial charge < -0.3 is 0 Å². The number of aliphatic imine (C=N–C) groups is 2. The second-order valence-electron chi connectivity index (χ2n) is 5.62. The van der Waals surface area contributed by atoms with Crippen molar-refractivity contribution >= 4 is 17.2 Å². The molecule has 2 aromatic rings. The van der Waals surface area contributed by atoms with Crippen molar-refractivity contribution in [3.63, 3.8) is 0 Å². The smallest absolute Gasteiger partial charge is 0.168 e. The van der Waals surface area contributed by atoms with Crippen molar-refractivity contribution in [3.05, 3.63) is 66.0 Å². The van der Waals surface area contributed by atoms with Gasteiger partial charge >= 0.3 is 0 Å². The van der Waals surface area contributed by atoms with Crippen molar-refractivity contribution in [1.29, 1.82) is 0 Å². The quantitative estimate of drug-likeness (QED) is 0.419. The van der Waals surface area contributed by atoms with E-state index in [0.29, 0.717) is 19.5 Å². The lowest BCUT2D eigenvalue weighted by atomic mass is 10.1. The molecule has 1 heterocycles. The fourth-order valence-corrected chi connectivity index (χ4v) is 2.26. The van der Waals surface area contributed by atoms with E-state index < -0.39 is 0 Å². The van der Waals surface area contributed by atoms with Crippen LogP contribution in [0.15, 0.2) is 64.7 Å². The Labute approximate surface area is 143 Å². The number of hydrogen-bond donors (Lipinski definition) is 0. The lowest BCUT2D eigenvalue weighted by Crippen LogP contribution is -2.06. The number of hydrogen-bond acceptors (Lipinski definition) is 4. The molecule has 0 bridgehead atoms. The first-order valence-corrected chi connectivity index (χ1v) is 8.17. The van der Waals surface area contributed by atoms with Crippen LogP contribution >= 0.6 is 0 Å². The van der Waals surface area contributed by atoms with Crippen LogP contribution in [0, 0.1) is 0 Å². The largest absolute Gasteiger partial charge is 0.294 e. The molecule has 2 rings (SSSR count). The van der Waals surface area contributed by atoms with Gasteiger partial charge in [-0.15, -0.1) is 0 Å². The van der Waals surface area contributed by atoms with E-state index in [1.807, 2.05) is 62.4 Å². The van der Waals surface area contributed by atoms with Crippen molar-refractivity contribution in [2.24, 2.45) is 9.98 Å². The molecule has 1 aromatic heterocycles. The molecule has 0 aliphatic carbocycles. The molecule has 0 saturated heterocycles. The van der Waals surface area contributed by atoms with E-state index in [2.05, 4.69) is 15.0 Å². The maximum atomic E-state index is 12.1. The minimum atomic E-state index is 0.112. The molecule has 4 heteroatoms. The molecular weight excluding hydrogens is 298 g/mol. The van der Waals surface area contributed by atoms with E-state index in [-0.39, 0.29) is 5.78 Å². The first-order valence-electron chi connectivity index (χ1n) is 8.17. The third kappa shape index (κ3) is 5.88. The van der Waals surface area contributed by atoms with Crippen LogP contribution in [0.3, 0.4) is 0 Å². The van der Waals surface area contributed by atoms with E-state index in [4.69, 9.17) is 0 Å². The molecule has 0 atom stereocenters. The topological polar surface area (TPSA) is 54.7 Å². The van der Waals surface area contributed by atoms with Crippen LogP contribution in [-0.2, 0) is 0 Å². The normalized spacial score (nSPS) is 12.2. The number of ketones is 1. The van der Waals surface area contributed by atoms with Gasteiger partial charge in [-0.2, -0.15) is 0 Å². The minimum Gasteiger partial charge on any atom is -0.294 e. The molecule has 1 aromatic carbocycles. The number of carbonyl (C=O) groups excluding carboxylic acids is 1. The Kier molecular flexibility index (Phi) is 7.02. The predicted octanol–water partition coefficient (Wildman–Crippen LogP) is 4.01. The summed E-state index contributed by atoms with van der Waals surface area (Å²) < 4.78 is 0. The Morgan fingerprint density at radius 2 is 1.67 bits per heavy atom. The molecule has 0 saturated carbocycles. The van der Waals surface area contributed by atoms with Gasteiger partial charge in [-0.3, -0.25) is 19.8 Å². The van der Waals surface area contributed by atoms with E-state index in [1.54, 1.807) is 6.20 Å². The van der Waals surface area contributed by atoms with E-state index in [1.165, 1.54) is 0 Å². The molecule has 0 spiro atoms. The number of Topliss-reactive ketones (excluding diaryl/α,β-unsaturated/α-hetero) is 1. The molecule has 0 amide bonds. The SMILES string of the molecule is CC(CC(=O)c1ccccc1)=NCCCN=C(C)c1ccccn1. The van der Waals surface area contributed by atoms with Gasteiger partial charge in [0.25, 0.3) is 0 Å². The number of nitrogens with zero attached hydrogens (tertiary/aromatic N) is 3. The highest BCUT2D eigenvalue weighted by Crippen LogP contribution is 2.04. The van der Waals surface area contributed by atoms with Gasteiger partial charge in [-0.25, -0.2) is 0 Å². The summed E-state index contributed by atoms with van der Waals surface area (Å²) in [7, 11) is 0. The van der Waals surface area contributed by atoms with E-state index in [9.17, 15) is 4.79 Å². The summed E-state index contributed by atoms with van der Waals surface area (Å²) in [6.07, 6.45) is 3.01. The number of carbonyl (C=O) groups is 1. The monoisotopic (exact) mass is 321 g/mol. The van der Waals surface area contributed by atoms with Gasteiger partial charge in [0.1, 0.15) is 0 Å². The zero-order chi connectivity index (χ0) is 17.2. The number of benzene rings is 1. The Hall–Kier alpha value is -2.62. The number of rotatable bonds is 8. The summed E-state index contributed by atoms with van der Waals surface area (Å²) in [5, 5.41) is 0. The molecule has 0 aliphatic heterocycles. The minimum absolute atomic E-state index is 0.112. The molecule has 0 N–H and O–H groups in total. The van der Waals surface area contributed by atoms with Gasteiger partial charge in [0, 0.05) is 37.0 Å². The van der Waals surface area contributed by atoms with Gasteiger partial charge in [0.05, 0.1) is 11.4 Å². The summed E-state index contributed by atoms with van der Waals surface area (Å²) in [5.41, 5.74) is 3.46. The molecule has 0 radical (unpaired) electrons. The lowest BCUT2D eigenvalue weighted by Gasteiger charge is -2.02. The maximum Gasteiger partial charge on any atom is 0.168 e. The van der Waals surface area contributed by atoms with Gasteiger partial charge in [-0.1, -0.05) is 36.4 Å². The van der Waals surface area contributed by atoms with E-state index in [0.717, 1.165) is 29.1 Å². The Morgan fingerprint density at radius 1 is 0.958 bits per heavy atom. The summed E-state index contributed by atoms with van der Waals surface area (Å²) in [6, 6.07) is 15.1. The van der Waals surface area contributed by atoms with Crippen LogP contribution < -0.4 is 0 Å². The Morgan fingerprint density at radius 3 is 2.38 bits per heavy atom. The number of aromatic nitrogens is 1. The van der Waals surface area contributed by atoms with Crippen LogP contribution in [0.25, 0.3) is 0 Å². The maximum absolute atomic E-state index is 12.1. The highest BCUT2D eigenvalue weighted by atomic mass is 16.1. The fourth-order valence-electron chi connectivity index (χ4n) is 2.26. The lowest BCUT2D eigenvalue weighted by molar-refractivity contribution is 0.100. The van der Waals surface area contributed by atoms with Crippen LogP contribution in [0.5, 0.6) is 0 Å². The first kappa shape index (κ1) is 17.7. The Balaban J connectivity index is 1.74. The molecule has 24 heavy (non-hydrogen) atoms. The third-order valence-electron chi connectivity index (χ3n) is 3.59. The molecular formula is C20H23N3O. The second kappa shape index (κ2) is 9.50. The number of pyridine rings is 1. The van der Waals surface area contributed by atoms with Crippen molar-refractivity contribution in [2.45, 2.75) is 26.7 Å². The van der Waals surface area contributed by atoms with Crippen molar-refractivity contribution in [1.82, 2.24) is 4.98 Å². The molecule has 124 valence electrons. The van der Waals surface area contributed by atoms with Crippen LogP contribution in [0.4, 0.5) is 0 Å². The van der Waals surface area contributed by atoms with Crippen LogP contribution in [-0.4, -0.2) is 35.3 Å².